The molecule has 1 N–H and O–H groups in total. The Morgan fingerprint density at radius 2 is 2.07 bits per heavy atom. The number of amides is 1. The van der Waals surface area contributed by atoms with Crippen LogP contribution < -0.4 is 15.9 Å². The first-order chi connectivity index (χ1) is 13.6. The van der Waals surface area contributed by atoms with E-state index in [1.807, 2.05) is 62.4 Å². The molecule has 4 rings (SSSR count). The first kappa shape index (κ1) is 19.0. The topological polar surface area (TPSA) is 57.1 Å². The molecular formula is C21H19BrN4OS. The number of fused-ring (bicyclic) bond motifs is 2. The van der Waals surface area contributed by atoms with Gasteiger partial charge in [-0.15, -0.1) is 5.10 Å². The summed E-state index contributed by atoms with van der Waals surface area (Å²) in [4.78, 5) is 17.9. The third-order valence-electron chi connectivity index (χ3n) is 4.45. The van der Waals surface area contributed by atoms with E-state index >= 15 is 0 Å². The predicted molar refractivity (Wildman–Crippen MR) is 118 cm³/mol. The van der Waals surface area contributed by atoms with Gasteiger partial charge in [0.2, 0.25) is 0 Å². The zero-order valence-electron chi connectivity index (χ0n) is 15.5. The van der Waals surface area contributed by atoms with Crippen molar-refractivity contribution in [3.63, 3.8) is 0 Å². The molecule has 2 aliphatic rings. The van der Waals surface area contributed by atoms with E-state index in [0.29, 0.717) is 10.9 Å². The highest BCUT2D eigenvalue weighted by molar-refractivity contribution is 9.10. The number of hydrazone groups is 1. The van der Waals surface area contributed by atoms with Gasteiger partial charge in [-0.25, -0.2) is 5.01 Å². The zero-order valence-corrected chi connectivity index (χ0v) is 17.9. The minimum atomic E-state index is -0.373. The Hall–Kier alpha value is -2.38. The Morgan fingerprint density at radius 3 is 2.82 bits per heavy atom. The fourth-order valence-corrected chi connectivity index (χ4v) is 4.18. The van der Waals surface area contributed by atoms with Crippen LogP contribution in [0.2, 0.25) is 0 Å². The van der Waals surface area contributed by atoms with Gasteiger partial charge in [0.05, 0.1) is 5.36 Å². The lowest BCUT2D eigenvalue weighted by molar-refractivity contribution is -0.116. The number of nitrogens with zero attached hydrogens (tertiary/aromatic N) is 3. The summed E-state index contributed by atoms with van der Waals surface area (Å²) in [6.07, 6.45) is 1.71. The van der Waals surface area contributed by atoms with E-state index in [2.05, 4.69) is 27.3 Å². The van der Waals surface area contributed by atoms with E-state index in [-0.39, 0.29) is 12.1 Å². The second-order valence-electron chi connectivity index (χ2n) is 6.45. The van der Waals surface area contributed by atoms with Crippen LogP contribution in [0.4, 0.5) is 0 Å². The van der Waals surface area contributed by atoms with Gasteiger partial charge >= 0.3 is 0 Å². The maximum absolute atomic E-state index is 13.0. The van der Waals surface area contributed by atoms with Gasteiger partial charge in [-0.1, -0.05) is 71.0 Å². The van der Waals surface area contributed by atoms with Crippen LogP contribution in [0.5, 0.6) is 0 Å². The fourth-order valence-electron chi connectivity index (χ4n) is 3.24. The molecular weight excluding hydrogens is 436 g/mol. The number of hydrogen-bond acceptors (Lipinski definition) is 5. The standard InChI is InChI=1S/C21H19BrN4OS/c1-3-28-21-24-20(27)18-16-12-15(22)9-10-17(16)23-19(26(18)25-21)13(2)11-14-7-5-4-6-8-14/h4-12,19H,3H2,1-2H3,(H,24,25,27)/b13-11+/t19-/m0/s1. The molecule has 2 heterocycles. The van der Waals surface area contributed by atoms with Crippen molar-refractivity contribution >= 4 is 50.5 Å². The molecule has 1 atom stereocenters. The van der Waals surface area contributed by atoms with E-state index in [0.717, 1.165) is 31.9 Å². The van der Waals surface area contributed by atoms with Gasteiger partial charge in [0, 0.05) is 9.69 Å². The summed E-state index contributed by atoms with van der Waals surface area (Å²) in [6.45, 7) is 4.06. The molecule has 0 bridgehead atoms. The second-order valence-corrected chi connectivity index (χ2v) is 8.62. The van der Waals surface area contributed by atoms with Gasteiger partial charge in [-0.05, 0) is 42.0 Å². The fraction of sp³-hybridized carbons (Fsp3) is 0.190. The van der Waals surface area contributed by atoms with Crippen molar-refractivity contribution in [2.24, 2.45) is 10.1 Å². The average molecular weight is 455 g/mol. The lowest BCUT2D eigenvalue weighted by Crippen LogP contribution is -2.53. The van der Waals surface area contributed by atoms with Crippen LogP contribution in [0.25, 0.3) is 11.8 Å². The molecule has 2 aromatic carbocycles. The van der Waals surface area contributed by atoms with Gasteiger partial charge in [0.1, 0.15) is 5.70 Å². The van der Waals surface area contributed by atoms with E-state index in [1.54, 1.807) is 5.01 Å². The van der Waals surface area contributed by atoms with Crippen LogP contribution in [0, 0.1) is 0 Å². The normalized spacial score (nSPS) is 18.7. The average Bonchev–Trinajstić information content (AvgIpc) is 2.68. The van der Waals surface area contributed by atoms with E-state index < -0.39 is 0 Å². The third kappa shape index (κ3) is 3.64. The van der Waals surface area contributed by atoms with Crippen LogP contribution in [-0.4, -0.2) is 28.0 Å². The molecule has 5 nitrogen and oxygen atoms in total. The van der Waals surface area contributed by atoms with Gasteiger partial charge in [0.15, 0.2) is 11.3 Å². The molecule has 0 fully saturated rings. The smallest absolute Gasteiger partial charge is 0.276 e. The lowest BCUT2D eigenvalue weighted by atomic mass is 10.1. The Balaban J connectivity index is 1.90. The quantitative estimate of drug-likeness (QED) is 0.774. The number of amidine groups is 1. The summed E-state index contributed by atoms with van der Waals surface area (Å²) in [6, 6.07) is 15.9. The van der Waals surface area contributed by atoms with Crippen molar-refractivity contribution in [3.05, 3.63) is 74.7 Å². The van der Waals surface area contributed by atoms with Crippen LogP contribution in [0.15, 0.2) is 68.7 Å². The highest BCUT2D eigenvalue weighted by atomic mass is 79.9. The first-order valence-corrected chi connectivity index (χ1v) is 10.8. The number of nitrogens with one attached hydrogen (secondary N) is 1. The number of carbonyl (C=O) groups is 1. The molecule has 28 heavy (non-hydrogen) atoms. The minimum Gasteiger partial charge on any atom is -0.298 e. The third-order valence-corrected chi connectivity index (χ3v) is 5.69. The molecule has 0 radical (unpaired) electrons. The largest absolute Gasteiger partial charge is 0.298 e. The van der Waals surface area contributed by atoms with Gasteiger partial charge in [-0.2, -0.15) is 0 Å². The summed E-state index contributed by atoms with van der Waals surface area (Å²) in [5.41, 5.74) is 2.63. The molecule has 1 amide bonds. The molecule has 0 aromatic heterocycles. The molecule has 0 aliphatic carbocycles. The number of halogens is 1. The Kier molecular flexibility index (Phi) is 5.37. The van der Waals surface area contributed by atoms with Crippen LogP contribution >= 0.6 is 27.7 Å². The summed E-state index contributed by atoms with van der Waals surface area (Å²) in [5, 5.41) is 11.5. The zero-order chi connectivity index (χ0) is 19.7. The summed E-state index contributed by atoms with van der Waals surface area (Å²) >= 11 is 5.00. The van der Waals surface area contributed by atoms with Gasteiger partial charge in [-0.3, -0.25) is 15.1 Å². The molecule has 0 unspecified atom stereocenters. The lowest BCUT2D eigenvalue weighted by Gasteiger charge is -2.34. The van der Waals surface area contributed by atoms with Crippen molar-refractivity contribution in [1.82, 2.24) is 10.3 Å². The number of rotatable bonds is 3. The number of benzene rings is 2. The second kappa shape index (κ2) is 7.93. The number of thioether (sulfide) groups is 1. The molecule has 2 aromatic rings. The Bertz CT molecular complexity index is 1110. The van der Waals surface area contributed by atoms with Crippen molar-refractivity contribution in [2.75, 3.05) is 5.75 Å². The van der Waals surface area contributed by atoms with Crippen molar-refractivity contribution in [1.29, 1.82) is 0 Å². The molecule has 2 aliphatic heterocycles. The highest BCUT2D eigenvalue weighted by Crippen LogP contribution is 2.25. The summed E-state index contributed by atoms with van der Waals surface area (Å²) in [7, 11) is 0. The van der Waals surface area contributed by atoms with E-state index in [4.69, 9.17) is 10.1 Å². The number of hydrogen-bond donors (Lipinski definition) is 1. The van der Waals surface area contributed by atoms with Crippen LogP contribution in [0.1, 0.15) is 19.4 Å². The van der Waals surface area contributed by atoms with Gasteiger partial charge in [0.25, 0.3) is 5.91 Å². The Morgan fingerprint density at radius 1 is 1.29 bits per heavy atom. The van der Waals surface area contributed by atoms with Crippen LogP contribution in [-0.2, 0) is 4.79 Å². The first-order valence-electron chi connectivity index (χ1n) is 8.99. The number of carbonyl (C=O) groups excluding carboxylic acids is 1. The maximum Gasteiger partial charge on any atom is 0.276 e. The molecule has 7 heteroatoms. The predicted octanol–water partition coefficient (Wildman–Crippen LogP) is 3.08. The minimum absolute atomic E-state index is 0.155. The van der Waals surface area contributed by atoms with E-state index in [1.165, 1.54) is 11.8 Å². The monoisotopic (exact) mass is 454 g/mol. The summed E-state index contributed by atoms with van der Waals surface area (Å²) in [5.74, 6) is 0.670. The SMILES string of the molecule is CCSC1=NN2C(=c3cc(Br)ccc3=N[C@@H]2/C(C)=C/c2ccccc2)C(=O)N1. The van der Waals surface area contributed by atoms with Crippen molar-refractivity contribution < 1.29 is 4.79 Å². The van der Waals surface area contributed by atoms with Gasteiger partial charge < -0.3 is 0 Å². The molecule has 142 valence electrons. The van der Waals surface area contributed by atoms with Crippen molar-refractivity contribution in [2.45, 2.75) is 20.0 Å². The maximum atomic E-state index is 13.0. The molecule has 0 saturated carbocycles. The highest BCUT2D eigenvalue weighted by Gasteiger charge is 2.34. The summed E-state index contributed by atoms with van der Waals surface area (Å²) < 4.78 is 0.898. The molecule has 0 saturated heterocycles. The van der Waals surface area contributed by atoms with Crippen LogP contribution in [0.3, 0.4) is 0 Å². The van der Waals surface area contributed by atoms with E-state index in [9.17, 15) is 4.79 Å². The van der Waals surface area contributed by atoms with Crippen molar-refractivity contribution in [3.8, 4) is 0 Å². The molecule has 0 spiro atoms. The Labute approximate surface area is 176 Å².